The Balaban J connectivity index is 1.66. The summed E-state index contributed by atoms with van der Waals surface area (Å²) in [6, 6.07) is 11.8. The standard InChI is InChI=1S/C19H18FN3O2S/c1-12-10-13(6-7-15(12)20)11-21-17(24)8-9-23-18(25)14-4-2-3-5-16(14)22-19(23)26/h2-7,10H,8-9,11H2,1H3,(H,21,24)(H,22,26). The normalized spacial score (nSPS) is 10.8. The number of fused-ring (bicyclic) bond motifs is 1. The molecule has 0 spiro atoms. The van der Waals surface area contributed by atoms with E-state index in [0.717, 1.165) is 5.56 Å². The van der Waals surface area contributed by atoms with E-state index in [0.29, 0.717) is 23.0 Å². The van der Waals surface area contributed by atoms with Gasteiger partial charge < -0.3 is 10.3 Å². The van der Waals surface area contributed by atoms with Crippen LogP contribution in [0, 0.1) is 17.5 Å². The Labute approximate surface area is 154 Å². The average molecular weight is 371 g/mol. The van der Waals surface area contributed by atoms with Gasteiger partial charge in [-0.25, -0.2) is 4.39 Å². The molecular formula is C19H18FN3O2S. The molecule has 26 heavy (non-hydrogen) atoms. The molecule has 0 fully saturated rings. The molecule has 0 radical (unpaired) electrons. The fourth-order valence-electron chi connectivity index (χ4n) is 2.72. The molecule has 3 rings (SSSR count). The third-order valence-corrected chi connectivity index (χ3v) is 4.49. The summed E-state index contributed by atoms with van der Waals surface area (Å²) in [5.74, 6) is -0.480. The summed E-state index contributed by atoms with van der Waals surface area (Å²) in [6.07, 6.45) is 0.121. The van der Waals surface area contributed by atoms with Gasteiger partial charge in [0.05, 0.1) is 10.9 Å². The van der Waals surface area contributed by atoms with Gasteiger partial charge in [0.15, 0.2) is 4.77 Å². The predicted octanol–water partition coefficient (Wildman–Crippen LogP) is 3.21. The Bertz CT molecular complexity index is 1090. The number of aromatic amines is 1. The molecular weight excluding hydrogens is 353 g/mol. The summed E-state index contributed by atoms with van der Waals surface area (Å²) >= 11 is 5.23. The van der Waals surface area contributed by atoms with Crippen LogP contribution >= 0.6 is 12.2 Å². The van der Waals surface area contributed by atoms with E-state index in [4.69, 9.17) is 12.2 Å². The Morgan fingerprint density at radius 2 is 2.04 bits per heavy atom. The number of hydrogen-bond acceptors (Lipinski definition) is 3. The molecule has 0 saturated heterocycles. The molecule has 7 heteroatoms. The summed E-state index contributed by atoms with van der Waals surface area (Å²) in [7, 11) is 0. The maximum Gasteiger partial charge on any atom is 0.262 e. The van der Waals surface area contributed by atoms with Gasteiger partial charge in [-0.05, 0) is 48.5 Å². The van der Waals surface area contributed by atoms with Gasteiger partial charge in [-0.2, -0.15) is 0 Å². The maximum absolute atomic E-state index is 13.3. The quantitative estimate of drug-likeness (QED) is 0.677. The highest BCUT2D eigenvalue weighted by atomic mass is 32.1. The second kappa shape index (κ2) is 7.61. The Morgan fingerprint density at radius 3 is 2.81 bits per heavy atom. The Hall–Kier alpha value is -2.80. The molecule has 0 bridgehead atoms. The van der Waals surface area contributed by atoms with Crippen LogP contribution in [0.25, 0.3) is 10.9 Å². The zero-order valence-corrected chi connectivity index (χ0v) is 15.0. The molecule has 134 valence electrons. The minimum atomic E-state index is -0.273. The van der Waals surface area contributed by atoms with Crippen molar-refractivity contribution in [3.05, 3.63) is 74.5 Å². The number of carbonyl (C=O) groups excluding carboxylic acids is 1. The van der Waals surface area contributed by atoms with Crippen LogP contribution in [0.15, 0.2) is 47.3 Å². The largest absolute Gasteiger partial charge is 0.352 e. The fourth-order valence-corrected chi connectivity index (χ4v) is 3.01. The summed E-state index contributed by atoms with van der Waals surface area (Å²) in [6.45, 7) is 2.17. The minimum absolute atomic E-state index is 0.121. The summed E-state index contributed by atoms with van der Waals surface area (Å²) in [5, 5.41) is 3.30. The first-order valence-electron chi connectivity index (χ1n) is 8.19. The second-order valence-corrected chi connectivity index (χ2v) is 6.43. The lowest BCUT2D eigenvalue weighted by Crippen LogP contribution is -2.28. The number of nitrogens with one attached hydrogen (secondary N) is 2. The van der Waals surface area contributed by atoms with Crippen molar-refractivity contribution in [3.8, 4) is 0 Å². The van der Waals surface area contributed by atoms with Crippen LogP contribution in [0.2, 0.25) is 0 Å². The molecule has 0 aliphatic heterocycles. The van der Waals surface area contributed by atoms with Gasteiger partial charge in [0.2, 0.25) is 5.91 Å². The van der Waals surface area contributed by atoms with E-state index in [1.165, 1.54) is 10.6 Å². The van der Waals surface area contributed by atoms with E-state index < -0.39 is 0 Å². The number of aromatic nitrogens is 2. The molecule has 5 nitrogen and oxygen atoms in total. The zero-order chi connectivity index (χ0) is 18.7. The van der Waals surface area contributed by atoms with E-state index in [1.54, 1.807) is 37.3 Å². The van der Waals surface area contributed by atoms with Crippen molar-refractivity contribution >= 4 is 29.0 Å². The molecule has 2 N–H and O–H groups in total. The highest BCUT2D eigenvalue weighted by Crippen LogP contribution is 2.09. The number of H-pyrrole nitrogens is 1. The number of benzene rings is 2. The molecule has 0 aliphatic carbocycles. The molecule has 3 aromatic rings. The number of amides is 1. The number of hydrogen-bond donors (Lipinski definition) is 2. The van der Waals surface area contributed by atoms with E-state index in [1.807, 2.05) is 6.07 Å². The van der Waals surface area contributed by atoms with Gasteiger partial charge in [0, 0.05) is 19.5 Å². The van der Waals surface area contributed by atoms with Gasteiger partial charge in [0.25, 0.3) is 5.56 Å². The van der Waals surface area contributed by atoms with Crippen LogP contribution in [0.5, 0.6) is 0 Å². The maximum atomic E-state index is 13.3. The van der Waals surface area contributed by atoms with Crippen molar-refractivity contribution in [1.29, 1.82) is 0 Å². The predicted molar refractivity (Wildman–Crippen MR) is 101 cm³/mol. The van der Waals surface area contributed by atoms with Crippen molar-refractivity contribution in [1.82, 2.24) is 14.9 Å². The van der Waals surface area contributed by atoms with Crippen LogP contribution in [0.1, 0.15) is 17.5 Å². The van der Waals surface area contributed by atoms with E-state index >= 15 is 0 Å². The van der Waals surface area contributed by atoms with E-state index in [-0.39, 0.29) is 35.0 Å². The number of halogens is 1. The molecule has 1 heterocycles. The first-order valence-corrected chi connectivity index (χ1v) is 8.60. The van der Waals surface area contributed by atoms with E-state index in [2.05, 4.69) is 10.3 Å². The third kappa shape index (κ3) is 3.88. The first kappa shape index (κ1) is 18.0. The van der Waals surface area contributed by atoms with Gasteiger partial charge in [-0.1, -0.05) is 24.3 Å². The molecule has 0 saturated carbocycles. The number of aryl methyl sites for hydroxylation is 1. The number of nitrogens with zero attached hydrogens (tertiary/aromatic N) is 1. The van der Waals surface area contributed by atoms with Crippen LogP contribution < -0.4 is 10.9 Å². The van der Waals surface area contributed by atoms with Crippen LogP contribution in [-0.4, -0.2) is 15.5 Å². The lowest BCUT2D eigenvalue weighted by Gasteiger charge is -2.09. The molecule has 2 aromatic carbocycles. The molecule has 1 aromatic heterocycles. The van der Waals surface area contributed by atoms with Crippen molar-refractivity contribution in [2.45, 2.75) is 26.4 Å². The van der Waals surface area contributed by atoms with Crippen molar-refractivity contribution in [2.75, 3.05) is 0 Å². The van der Waals surface area contributed by atoms with Crippen molar-refractivity contribution in [3.63, 3.8) is 0 Å². The summed E-state index contributed by atoms with van der Waals surface area (Å²) in [4.78, 5) is 27.6. The molecule has 1 amide bonds. The molecule has 0 atom stereocenters. The van der Waals surface area contributed by atoms with Crippen LogP contribution in [0.3, 0.4) is 0 Å². The van der Waals surface area contributed by atoms with Gasteiger partial charge >= 0.3 is 0 Å². The van der Waals surface area contributed by atoms with Crippen molar-refractivity contribution < 1.29 is 9.18 Å². The first-order chi connectivity index (χ1) is 12.5. The lowest BCUT2D eigenvalue weighted by atomic mass is 10.1. The van der Waals surface area contributed by atoms with Crippen LogP contribution in [-0.2, 0) is 17.9 Å². The highest BCUT2D eigenvalue weighted by molar-refractivity contribution is 7.71. The summed E-state index contributed by atoms with van der Waals surface area (Å²) in [5.41, 5.74) is 1.81. The third-order valence-electron chi connectivity index (χ3n) is 4.16. The van der Waals surface area contributed by atoms with Gasteiger partial charge in [0.1, 0.15) is 5.82 Å². The lowest BCUT2D eigenvalue weighted by molar-refractivity contribution is -0.121. The van der Waals surface area contributed by atoms with Gasteiger partial charge in [-0.3, -0.25) is 14.2 Å². The average Bonchev–Trinajstić information content (AvgIpc) is 2.62. The second-order valence-electron chi connectivity index (χ2n) is 6.04. The van der Waals surface area contributed by atoms with Crippen LogP contribution in [0.4, 0.5) is 4.39 Å². The highest BCUT2D eigenvalue weighted by Gasteiger charge is 2.08. The molecule has 0 aliphatic rings. The Morgan fingerprint density at radius 1 is 1.27 bits per heavy atom. The fraction of sp³-hybridized carbons (Fsp3) is 0.211. The number of rotatable bonds is 5. The number of carbonyl (C=O) groups is 1. The topological polar surface area (TPSA) is 66.9 Å². The van der Waals surface area contributed by atoms with Gasteiger partial charge in [-0.15, -0.1) is 0 Å². The minimum Gasteiger partial charge on any atom is -0.352 e. The Kier molecular flexibility index (Phi) is 5.27. The monoisotopic (exact) mass is 371 g/mol. The number of para-hydroxylation sites is 1. The van der Waals surface area contributed by atoms with Crippen molar-refractivity contribution in [2.24, 2.45) is 0 Å². The molecule has 0 unspecified atom stereocenters. The SMILES string of the molecule is Cc1cc(CNC(=O)CCn2c(=S)[nH]c3ccccc3c2=O)ccc1F. The zero-order valence-electron chi connectivity index (χ0n) is 14.2. The smallest absolute Gasteiger partial charge is 0.262 e. The summed E-state index contributed by atoms with van der Waals surface area (Å²) < 4.78 is 14.9. The van der Waals surface area contributed by atoms with E-state index in [9.17, 15) is 14.0 Å².